The first-order valence-corrected chi connectivity index (χ1v) is 7.02. The second-order valence-electron chi connectivity index (χ2n) is 5.26. The topological polar surface area (TPSA) is 72.8 Å². The van der Waals surface area contributed by atoms with E-state index in [-0.39, 0.29) is 5.92 Å². The third-order valence-corrected chi connectivity index (χ3v) is 3.88. The van der Waals surface area contributed by atoms with Crippen LogP contribution in [0.1, 0.15) is 24.5 Å². The average Bonchev–Trinajstić information content (AvgIpc) is 2.48. The number of anilines is 1. The second kappa shape index (κ2) is 6.72. The van der Waals surface area contributed by atoms with E-state index in [1.165, 1.54) is 0 Å². The number of aliphatic carboxylic acids is 1. The highest BCUT2D eigenvalue weighted by Crippen LogP contribution is 2.24. The van der Waals surface area contributed by atoms with Gasteiger partial charge in [0.05, 0.1) is 12.0 Å². The van der Waals surface area contributed by atoms with E-state index in [0.717, 1.165) is 24.3 Å². The minimum atomic E-state index is -0.685. The lowest BCUT2D eigenvalue weighted by molar-refractivity contribution is -0.142. The van der Waals surface area contributed by atoms with Crippen molar-refractivity contribution in [1.82, 2.24) is 5.32 Å². The Kier molecular flexibility index (Phi) is 4.98. The smallest absolute Gasteiger partial charge is 0.306 e. The zero-order chi connectivity index (χ0) is 14.5. The molecule has 1 fully saturated rings. The first kappa shape index (κ1) is 14.8. The number of hydrogen-bond acceptors (Lipinski definition) is 4. The van der Waals surface area contributed by atoms with Gasteiger partial charge in [0, 0.05) is 25.3 Å². The fourth-order valence-electron chi connectivity index (χ4n) is 2.60. The fourth-order valence-corrected chi connectivity index (χ4v) is 2.60. The molecule has 1 aromatic rings. The molecule has 5 nitrogen and oxygen atoms in total. The van der Waals surface area contributed by atoms with Gasteiger partial charge in [-0.3, -0.25) is 4.79 Å². The number of carboxylic acids is 1. The molecule has 1 aliphatic heterocycles. The van der Waals surface area contributed by atoms with E-state index < -0.39 is 12.1 Å². The van der Waals surface area contributed by atoms with Gasteiger partial charge < -0.3 is 20.4 Å². The van der Waals surface area contributed by atoms with E-state index in [1.807, 2.05) is 31.3 Å². The molecular weight excluding hydrogens is 256 g/mol. The molecular formula is C15H22N2O3. The SMILES string of the molecule is CNCC(O)c1ccc(N2CCC(C(=O)O)CC2)cc1. The number of piperidine rings is 1. The van der Waals surface area contributed by atoms with Crippen LogP contribution in [0.2, 0.25) is 0 Å². The maximum absolute atomic E-state index is 10.9. The van der Waals surface area contributed by atoms with Crippen molar-refractivity contribution in [2.75, 3.05) is 31.6 Å². The van der Waals surface area contributed by atoms with Crippen LogP contribution in [0.5, 0.6) is 0 Å². The Morgan fingerprint density at radius 2 is 1.95 bits per heavy atom. The van der Waals surface area contributed by atoms with E-state index in [2.05, 4.69) is 10.2 Å². The predicted molar refractivity (Wildman–Crippen MR) is 77.9 cm³/mol. The van der Waals surface area contributed by atoms with Gasteiger partial charge in [-0.1, -0.05) is 12.1 Å². The van der Waals surface area contributed by atoms with Crippen molar-refractivity contribution < 1.29 is 15.0 Å². The summed E-state index contributed by atoms with van der Waals surface area (Å²) in [6, 6.07) is 7.85. The zero-order valence-corrected chi connectivity index (χ0v) is 11.7. The van der Waals surface area contributed by atoms with Crippen LogP contribution in [0.4, 0.5) is 5.69 Å². The van der Waals surface area contributed by atoms with E-state index in [0.29, 0.717) is 19.4 Å². The number of benzene rings is 1. The molecule has 1 aromatic carbocycles. The first-order chi connectivity index (χ1) is 9.61. The molecule has 1 heterocycles. The molecule has 2 rings (SSSR count). The highest BCUT2D eigenvalue weighted by molar-refractivity contribution is 5.70. The molecule has 0 aromatic heterocycles. The minimum absolute atomic E-state index is 0.206. The van der Waals surface area contributed by atoms with Crippen molar-refractivity contribution in [3.63, 3.8) is 0 Å². The van der Waals surface area contributed by atoms with Gasteiger partial charge in [-0.15, -0.1) is 0 Å². The Bertz CT molecular complexity index is 439. The van der Waals surface area contributed by atoms with Crippen molar-refractivity contribution in [2.24, 2.45) is 5.92 Å². The molecule has 1 aliphatic rings. The number of aliphatic hydroxyl groups excluding tert-OH is 1. The van der Waals surface area contributed by atoms with E-state index in [1.54, 1.807) is 0 Å². The highest BCUT2D eigenvalue weighted by atomic mass is 16.4. The largest absolute Gasteiger partial charge is 0.481 e. The summed E-state index contributed by atoms with van der Waals surface area (Å²) in [6.07, 6.45) is 0.894. The maximum Gasteiger partial charge on any atom is 0.306 e. The third-order valence-electron chi connectivity index (χ3n) is 3.88. The van der Waals surface area contributed by atoms with Crippen LogP contribution in [-0.4, -0.2) is 42.9 Å². The van der Waals surface area contributed by atoms with Crippen LogP contribution in [-0.2, 0) is 4.79 Å². The molecule has 0 radical (unpaired) electrons. The standard InChI is InChI=1S/C15H22N2O3/c1-16-10-14(18)11-2-4-13(5-3-11)17-8-6-12(7-9-17)15(19)20/h2-5,12,14,16,18H,6-10H2,1H3,(H,19,20). The molecule has 20 heavy (non-hydrogen) atoms. The van der Waals surface area contributed by atoms with Gasteiger partial charge in [0.1, 0.15) is 0 Å². The van der Waals surface area contributed by atoms with Gasteiger partial charge in [-0.05, 0) is 37.6 Å². The quantitative estimate of drug-likeness (QED) is 0.756. The highest BCUT2D eigenvalue weighted by Gasteiger charge is 2.24. The number of nitrogens with one attached hydrogen (secondary N) is 1. The Hall–Kier alpha value is -1.59. The van der Waals surface area contributed by atoms with Gasteiger partial charge in [0.15, 0.2) is 0 Å². The second-order valence-corrected chi connectivity index (χ2v) is 5.26. The Morgan fingerprint density at radius 3 is 2.45 bits per heavy atom. The Labute approximate surface area is 119 Å². The summed E-state index contributed by atoms with van der Waals surface area (Å²) in [5.41, 5.74) is 1.98. The van der Waals surface area contributed by atoms with Crippen molar-refractivity contribution in [2.45, 2.75) is 18.9 Å². The molecule has 3 N–H and O–H groups in total. The summed E-state index contributed by atoms with van der Waals surface area (Å²) in [7, 11) is 1.81. The maximum atomic E-state index is 10.9. The molecule has 5 heteroatoms. The summed E-state index contributed by atoms with van der Waals surface area (Å²) in [5, 5.41) is 21.8. The van der Waals surface area contributed by atoms with Crippen LogP contribution in [0.25, 0.3) is 0 Å². The fraction of sp³-hybridized carbons (Fsp3) is 0.533. The van der Waals surface area contributed by atoms with Crippen LogP contribution in [0.3, 0.4) is 0 Å². The van der Waals surface area contributed by atoms with Gasteiger partial charge in [-0.25, -0.2) is 0 Å². The third kappa shape index (κ3) is 3.49. The van der Waals surface area contributed by atoms with Crippen molar-refractivity contribution in [1.29, 1.82) is 0 Å². The lowest BCUT2D eigenvalue weighted by Crippen LogP contribution is -2.36. The molecule has 1 atom stereocenters. The minimum Gasteiger partial charge on any atom is -0.481 e. The molecule has 1 saturated heterocycles. The van der Waals surface area contributed by atoms with Crippen LogP contribution >= 0.6 is 0 Å². The molecule has 0 bridgehead atoms. The summed E-state index contributed by atoms with van der Waals surface area (Å²) >= 11 is 0. The summed E-state index contributed by atoms with van der Waals surface area (Å²) in [4.78, 5) is 13.1. The predicted octanol–water partition coefficient (Wildman–Crippen LogP) is 1.24. The molecule has 0 amide bonds. The van der Waals surface area contributed by atoms with Crippen LogP contribution in [0.15, 0.2) is 24.3 Å². The summed E-state index contributed by atoms with van der Waals surface area (Å²) < 4.78 is 0. The number of carbonyl (C=O) groups is 1. The normalized spacial score (nSPS) is 18.0. The zero-order valence-electron chi connectivity index (χ0n) is 11.7. The van der Waals surface area contributed by atoms with Gasteiger partial charge in [0.2, 0.25) is 0 Å². The summed E-state index contributed by atoms with van der Waals surface area (Å²) in [6.45, 7) is 2.08. The van der Waals surface area contributed by atoms with Gasteiger partial charge >= 0.3 is 5.97 Å². The summed E-state index contributed by atoms with van der Waals surface area (Å²) in [5.74, 6) is -0.891. The van der Waals surface area contributed by atoms with Gasteiger partial charge in [-0.2, -0.15) is 0 Å². The first-order valence-electron chi connectivity index (χ1n) is 7.02. The molecule has 1 unspecified atom stereocenters. The van der Waals surface area contributed by atoms with Crippen LogP contribution < -0.4 is 10.2 Å². The van der Waals surface area contributed by atoms with Gasteiger partial charge in [0.25, 0.3) is 0 Å². The number of likely N-dealkylation sites (N-methyl/N-ethyl adjacent to an activating group) is 1. The van der Waals surface area contributed by atoms with Crippen molar-refractivity contribution in [3.8, 4) is 0 Å². The van der Waals surface area contributed by atoms with E-state index in [9.17, 15) is 9.90 Å². The van der Waals surface area contributed by atoms with E-state index in [4.69, 9.17) is 5.11 Å². The molecule has 110 valence electrons. The average molecular weight is 278 g/mol. The van der Waals surface area contributed by atoms with Crippen molar-refractivity contribution in [3.05, 3.63) is 29.8 Å². The molecule has 0 aliphatic carbocycles. The lowest BCUT2D eigenvalue weighted by Gasteiger charge is -2.32. The number of hydrogen-bond donors (Lipinski definition) is 3. The van der Waals surface area contributed by atoms with E-state index >= 15 is 0 Å². The lowest BCUT2D eigenvalue weighted by atomic mass is 9.96. The number of carboxylic acid groups (broad SMARTS) is 1. The Morgan fingerprint density at radius 1 is 1.35 bits per heavy atom. The van der Waals surface area contributed by atoms with Crippen molar-refractivity contribution >= 4 is 11.7 Å². The van der Waals surface area contributed by atoms with Crippen LogP contribution in [0, 0.1) is 5.92 Å². The number of aliphatic hydroxyl groups is 1. The molecule has 0 spiro atoms. The monoisotopic (exact) mass is 278 g/mol. The number of rotatable bonds is 5. The number of nitrogens with zero attached hydrogens (tertiary/aromatic N) is 1. The molecule has 0 saturated carbocycles. The Balaban J connectivity index is 1.96.